The van der Waals surface area contributed by atoms with Crippen molar-refractivity contribution in [3.05, 3.63) is 33.9 Å². The largest absolute Gasteiger partial charge is 0.385 e. The molecule has 0 spiro atoms. The fraction of sp³-hybridized carbons (Fsp3) is 0.538. The van der Waals surface area contributed by atoms with Crippen molar-refractivity contribution < 1.29 is 4.92 Å². The number of benzene rings is 1. The number of rotatable bonds is 7. The SMILES string of the molecule is Cc1ccc([N+](=O)[O-])cc1NCCCCN(C)C. The summed E-state index contributed by atoms with van der Waals surface area (Å²) in [6.07, 6.45) is 2.17. The van der Waals surface area contributed by atoms with Crippen molar-refractivity contribution in [2.75, 3.05) is 32.5 Å². The molecule has 0 unspecified atom stereocenters. The molecule has 5 nitrogen and oxygen atoms in total. The Hall–Kier alpha value is -1.62. The Morgan fingerprint density at radius 2 is 2.06 bits per heavy atom. The van der Waals surface area contributed by atoms with Gasteiger partial charge >= 0.3 is 0 Å². The van der Waals surface area contributed by atoms with Gasteiger partial charge in [0.25, 0.3) is 5.69 Å². The predicted octanol–water partition coefficient (Wildman–Crippen LogP) is 2.66. The van der Waals surface area contributed by atoms with Crippen LogP contribution in [0, 0.1) is 17.0 Å². The third-order valence-corrected chi connectivity index (χ3v) is 2.78. The molecule has 0 saturated carbocycles. The topological polar surface area (TPSA) is 58.4 Å². The maximum atomic E-state index is 10.7. The van der Waals surface area contributed by atoms with Crippen LogP contribution in [-0.2, 0) is 0 Å². The van der Waals surface area contributed by atoms with Gasteiger partial charge in [-0.3, -0.25) is 10.1 Å². The number of hydrogen-bond acceptors (Lipinski definition) is 4. The molecule has 0 saturated heterocycles. The van der Waals surface area contributed by atoms with E-state index in [1.807, 2.05) is 6.92 Å². The van der Waals surface area contributed by atoms with Gasteiger partial charge in [-0.15, -0.1) is 0 Å². The summed E-state index contributed by atoms with van der Waals surface area (Å²) >= 11 is 0. The van der Waals surface area contributed by atoms with Gasteiger partial charge in [0.05, 0.1) is 4.92 Å². The number of non-ortho nitro benzene ring substituents is 1. The van der Waals surface area contributed by atoms with E-state index in [4.69, 9.17) is 0 Å². The molecule has 0 amide bonds. The van der Waals surface area contributed by atoms with Crippen LogP contribution in [0.2, 0.25) is 0 Å². The molecule has 5 heteroatoms. The molecule has 1 aromatic rings. The number of anilines is 1. The van der Waals surface area contributed by atoms with Crippen LogP contribution in [0.4, 0.5) is 11.4 Å². The highest BCUT2D eigenvalue weighted by Gasteiger charge is 2.07. The van der Waals surface area contributed by atoms with Gasteiger partial charge in [-0.25, -0.2) is 0 Å². The van der Waals surface area contributed by atoms with Crippen molar-refractivity contribution in [1.82, 2.24) is 4.90 Å². The molecule has 0 atom stereocenters. The van der Waals surface area contributed by atoms with Gasteiger partial charge in [0.1, 0.15) is 0 Å². The smallest absolute Gasteiger partial charge is 0.271 e. The van der Waals surface area contributed by atoms with Crippen molar-refractivity contribution >= 4 is 11.4 Å². The Kier molecular flexibility index (Phi) is 5.58. The van der Waals surface area contributed by atoms with Gasteiger partial charge in [0.15, 0.2) is 0 Å². The van der Waals surface area contributed by atoms with E-state index in [1.54, 1.807) is 12.1 Å². The van der Waals surface area contributed by atoms with Gasteiger partial charge in [-0.1, -0.05) is 6.07 Å². The third kappa shape index (κ3) is 4.71. The van der Waals surface area contributed by atoms with Crippen LogP contribution < -0.4 is 5.32 Å². The summed E-state index contributed by atoms with van der Waals surface area (Å²) < 4.78 is 0. The summed E-state index contributed by atoms with van der Waals surface area (Å²) in [5, 5.41) is 13.9. The summed E-state index contributed by atoms with van der Waals surface area (Å²) in [4.78, 5) is 12.5. The summed E-state index contributed by atoms with van der Waals surface area (Å²) in [5.74, 6) is 0. The fourth-order valence-corrected chi connectivity index (χ4v) is 1.69. The Morgan fingerprint density at radius 3 is 2.67 bits per heavy atom. The van der Waals surface area contributed by atoms with Crippen LogP contribution in [0.5, 0.6) is 0 Å². The summed E-state index contributed by atoms with van der Waals surface area (Å²) in [6.45, 7) is 3.86. The van der Waals surface area contributed by atoms with Crippen LogP contribution >= 0.6 is 0 Å². The van der Waals surface area contributed by atoms with E-state index in [-0.39, 0.29) is 10.6 Å². The van der Waals surface area contributed by atoms with Crippen molar-refractivity contribution in [1.29, 1.82) is 0 Å². The zero-order valence-electron chi connectivity index (χ0n) is 11.3. The highest BCUT2D eigenvalue weighted by Crippen LogP contribution is 2.21. The minimum atomic E-state index is -0.364. The molecule has 0 aromatic heterocycles. The highest BCUT2D eigenvalue weighted by atomic mass is 16.6. The number of nitrogens with zero attached hydrogens (tertiary/aromatic N) is 2. The minimum absolute atomic E-state index is 0.136. The van der Waals surface area contributed by atoms with Crippen LogP contribution in [0.1, 0.15) is 18.4 Å². The number of nitro benzene ring substituents is 1. The van der Waals surface area contributed by atoms with Crippen molar-refractivity contribution in [2.45, 2.75) is 19.8 Å². The molecule has 0 aliphatic rings. The predicted molar refractivity (Wildman–Crippen MR) is 74.1 cm³/mol. The Balaban J connectivity index is 2.46. The first-order valence-corrected chi connectivity index (χ1v) is 6.14. The first-order valence-electron chi connectivity index (χ1n) is 6.14. The number of unbranched alkanes of at least 4 members (excludes halogenated alkanes) is 1. The van der Waals surface area contributed by atoms with Crippen LogP contribution in [0.25, 0.3) is 0 Å². The van der Waals surface area contributed by atoms with Crippen molar-refractivity contribution in [3.8, 4) is 0 Å². The normalized spacial score (nSPS) is 10.7. The van der Waals surface area contributed by atoms with E-state index >= 15 is 0 Å². The van der Waals surface area contributed by atoms with Crippen molar-refractivity contribution in [3.63, 3.8) is 0 Å². The molecule has 0 bridgehead atoms. The lowest BCUT2D eigenvalue weighted by atomic mass is 10.1. The monoisotopic (exact) mass is 251 g/mol. The molecular formula is C13H21N3O2. The maximum absolute atomic E-state index is 10.7. The van der Waals surface area contributed by atoms with E-state index in [0.29, 0.717) is 0 Å². The molecule has 100 valence electrons. The van der Waals surface area contributed by atoms with Gasteiger partial charge in [-0.2, -0.15) is 0 Å². The molecule has 0 fully saturated rings. The van der Waals surface area contributed by atoms with Gasteiger partial charge in [0, 0.05) is 24.4 Å². The lowest BCUT2D eigenvalue weighted by Gasteiger charge is -2.11. The molecule has 1 aromatic carbocycles. The molecular weight excluding hydrogens is 230 g/mol. The van der Waals surface area contributed by atoms with Crippen LogP contribution in [0.3, 0.4) is 0 Å². The average Bonchev–Trinajstić information content (AvgIpc) is 2.30. The Bertz CT molecular complexity index is 405. The number of nitro groups is 1. The van der Waals surface area contributed by atoms with Crippen molar-refractivity contribution in [2.24, 2.45) is 0 Å². The second kappa shape index (κ2) is 6.96. The minimum Gasteiger partial charge on any atom is -0.385 e. The first-order chi connectivity index (χ1) is 8.50. The molecule has 18 heavy (non-hydrogen) atoms. The number of hydrogen-bond donors (Lipinski definition) is 1. The van der Waals surface area contributed by atoms with E-state index in [2.05, 4.69) is 24.3 Å². The average molecular weight is 251 g/mol. The van der Waals surface area contributed by atoms with E-state index in [9.17, 15) is 10.1 Å². The van der Waals surface area contributed by atoms with E-state index in [1.165, 1.54) is 6.07 Å². The van der Waals surface area contributed by atoms with E-state index in [0.717, 1.165) is 37.2 Å². The Morgan fingerprint density at radius 1 is 1.33 bits per heavy atom. The van der Waals surface area contributed by atoms with Gasteiger partial charge < -0.3 is 10.2 Å². The zero-order chi connectivity index (χ0) is 13.5. The zero-order valence-corrected chi connectivity index (χ0v) is 11.3. The lowest BCUT2D eigenvalue weighted by molar-refractivity contribution is -0.384. The quantitative estimate of drug-likeness (QED) is 0.460. The summed E-state index contributed by atoms with van der Waals surface area (Å²) in [6, 6.07) is 4.91. The van der Waals surface area contributed by atoms with Crippen LogP contribution in [0.15, 0.2) is 18.2 Å². The molecule has 0 radical (unpaired) electrons. The summed E-state index contributed by atoms with van der Waals surface area (Å²) in [5.41, 5.74) is 2.03. The first kappa shape index (κ1) is 14.4. The second-order valence-corrected chi connectivity index (χ2v) is 4.69. The van der Waals surface area contributed by atoms with Gasteiger partial charge in [0.2, 0.25) is 0 Å². The number of aryl methyl sites for hydroxylation is 1. The molecule has 0 heterocycles. The molecule has 1 N–H and O–H groups in total. The van der Waals surface area contributed by atoms with Crippen LogP contribution in [-0.4, -0.2) is 37.0 Å². The third-order valence-electron chi connectivity index (χ3n) is 2.78. The second-order valence-electron chi connectivity index (χ2n) is 4.69. The molecule has 0 aliphatic heterocycles. The lowest BCUT2D eigenvalue weighted by Crippen LogP contribution is -2.14. The standard InChI is InChI=1S/C13H21N3O2/c1-11-6-7-12(16(17)18)10-13(11)14-8-4-5-9-15(2)3/h6-7,10,14H,4-5,8-9H2,1-3H3. The van der Waals surface area contributed by atoms with E-state index < -0.39 is 0 Å². The molecule has 1 rings (SSSR count). The number of nitrogens with one attached hydrogen (secondary N) is 1. The Labute approximate surface area is 108 Å². The van der Waals surface area contributed by atoms with Gasteiger partial charge in [-0.05, 0) is 46.0 Å². The molecule has 0 aliphatic carbocycles. The highest BCUT2D eigenvalue weighted by molar-refractivity contribution is 5.56. The fourth-order valence-electron chi connectivity index (χ4n) is 1.69. The summed E-state index contributed by atoms with van der Waals surface area (Å²) in [7, 11) is 4.11. The maximum Gasteiger partial charge on any atom is 0.271 e.